The van der Waals surface area contributed by atoms with Gasteiger partial charge in [0, 0.05) is 25.3 Å². The number of nitro groups is 1. The molecule has 0 spiro atoms. The molecule has 2 aliphatic heterocycles. The van der Waals surface area contributed by atoms with Crippen molar-refractivity contribution in [1.29, 1.82) is 0 Å². The van der Waals surface area contributed by atoms with Crippen molar-refractivity contribution in [2.24, 2.45) is 5.92 Å². The topological polar surface area (TPSA) is 86.9 Å². The lowest BCUT2D eigenvalue weighted by Crippen LogP contribution is -2.46. The Balaban J connectivity index is 1.69. The number of carbonyl (C=O) groups is 1. The Bertz CT molecular complexity index is 599. The van der Waals surface area contributed by atoms with Crippen LogP contribution < -0.4 is 4.90 Å². The number of rotatable bonds is 4. The Labute approximate surface area is 134 Å². The lowest BCUT2D eigenvalue weighted by atomic mass is 9.96. The minimum atomic E-state index is -0.443. The summed E-state index contributed by atoms with van der Waals surface area (Å²) in [7, 11) is 0. The molecule has 124 valence electrons. The molecule has 23 heavy (non-hydrogen) atoms. The number of likely N-dealkylation sites (tertiary alicyclic amines) is 1. The molecule has 1 N–H and O–H groups in total. The summed E-state index contributed by atoms with van der Waals surface area (Å²) in [6, 6.07) is 6.10. The maximum Gasteiger partial charge on any atom is 0.271 e. The van der Waals surface area contributed by atoms with Gasteiger partial charge in [0.1, 0.15) is 0 Å². The van der Waals surface area contributed by atoms with E-state index in [1.54, 1.807) is 17.0 Å². The number of nitrogens with zero attached hydrogens (tertiary/aromatic N) is 3. The molecular formula is C16H21N3O4. The number of hydrogen-bond acceptors (Lipinski definition) is 5. The molecule has 0 radical (unpaired) electrons. The van der Waals surface area contributed by atoms with Crippen LogP contribution in [0.4, 0.5) is 11.4 Å². The van der Waals surface area contributed by atoms with Crippen LogP contribution in [0.25, 0.3) is 0 Å². The summed E-state index contributed by atoms with van der Waals surface area (Å²) in [5.41, 5.74) is 0.597. The van der Waals surface area contributed by atoms with E-state index in [0.717, 1.165) is 32.4 Å². The molecular weight excluding hydrogens is 298 g/mol. The van der Waals surface area contributed by atoms with Crippen LogP contribution in [0, 0.1) is 16.0 Å². The zero-order valence-electron chi connectivity index (χ0n) is 12.9. The van der Waals surface area contributed by atoms with Gasteiger partial charge in [-0.15, -0.1) is 0 Å². The van der Waals surface area contributed by atoms with Gasteiger partial charge in [-0.05, 0) is 44.3 Å². The third kappa shape index (κ3) is 3.20. The number of piperidine rings is 1. The first kappa shape index (κ1) is 15.9. The summed E-state index contributed by atoms with van der Waals surface area (Å²) in [6.45, 7) is 2.45. The van der Waals surface area contributed by atoms with E-state index >= 15 is 0 Å². The van der Waals surface area contributed by atoms with Crippen molar-refractivity contribution in [2.75, 3.05) is 31.1 Å². The van der Waals surface area contributed by atoms with E-state index in [4.69, 9.17) is 0 Å². The first-order valence-electron chi connectivity index (χ1n) is 8.01. The third-order valence-electron chi connectivity index (χ3n) is 4.88. The summed E-state index contributed by atoms with van der Waals surface area (Å²) in [4.78, 5) is 27.0. The molecule has 2 saturated heterocycles. The monoisotopic (exact) mass is 319 g/mol. The van der Waals surface area contributed by atoms with Crippen LogP contribution in [-0.4, -0.2) is 53.1 Å². The second kappa shape index (κ2) is 6.64. The normalized spacial score (nSPS) is 23.4. The van der Waals surface area contributed by atoms with E-state index in [-0.39, 0.29) is 24.2 Å². The Hall–Kier alpha value is -1.99. The maximum absolute atomic E-state index is 12.7. The average Bonchev–Trinajstić information content (AvgIpc) is 2.96. The third-order valence-corrected chi connectivity index (χ3v) is 4.88. The van der Waals surface area contributed by atoms with Gasteiger partial charge in [0.05, 0.1) is 16.7 Å². The number of hydrogen-bond donors (Lipinski definition) is 1. The molecule has 0 bridgehead atoms. The van der Waals surface area contributed by atoms with Gasteiger partial charge < -0.3 is 10.0 Å². The number of aliphatic hydroxyl groups is 1. The molecule has 0 saturated carbocycles. The Morgan fingerprint density at radius 3 is 2.61 bits per heavy atom. The zero-order valence-corrected chi connectivity index (χ0v) is 12.9. The summed E-state index contributed by atoms with van der Waals surface area (Å²) in [6.07, 6.45) is 2.57. The maximum atomic E-state index is 12.7. The summed E-state index contributed by atoms with van der Waals surface area (Å²) < 4.78 is 0. The van der Waals surface area contributed by atoms with Crippen LogP contribution in [0.1, 0.15) is 19.3 Å². The number of benzene rings is 1. The van der Waals surface area contributed by atoms with Crippen molar-refractivity contribution >= 4 is 17.3 Å². The van der Waals surface area contributed by atoms with Crippen molar-refractivity contribution in [3.63, 3.8) is 0 Å². The molecule has 1 unspecified atom stereocenters. The number of anilines is 1. The lowest BCUT2D eigenvalue weighted by Gasteiger charge is -2.34. The second-order valence-electron chi connectivity index (χ2n) is 6.23. The molecule has 2 aliphatic rings. The van der Waals surface area contributed by atoms with Crippen LogP contribution in [0.15, 0.2) is 24.3 Å². The first-order chi connectivity index (χ1) is 11.1. The number of non-ortho nitro benzene ring substituents is 1. The van der Waals surface area contributed by atoms with Crippen LogP contribution in [0.5, 0.6) is 0 Å². The molecule has 1 amide bonds. The van der Waals surface area contributed by atoms with Crippen LogP contribution >= 0.6 is 0 Å². The Morgan fingerprint density at radius 2 is 1.96 bits per heavy atom. The van der Waals surface area contributed by atoms with Gasteiger partial charge in [0.25, 0.3) is 5.69 Å². The van der Waals surface area contributed by atoms with E-state index < -0.39 is 4.92 Å². The molecule has 0 aliphatic carbocycles. The minimum Gasteiger partial charge on any atom is -0.396 e. The fraction of sp³-hybridized carbons (Fsp3) is 0.562. The highest BCUT2D eigenvalue weighted by atomic mass is 16.6. The van der Waals surface area contributed by atoms with E-state index in [0.29, 0.717) is 18.2 Å². The number of amides is 1. The van der Waals surface area contributed by atoms with Crippen molar-refractivity contribution in [1.82, 2.24) is 4.90 Å². The van der Waals surface area contributed by atoms with Gasteiger partial charge >= 0.3 is 0 Å². The fourth-order valence-corrected chi connectivity index (χ4v) is 3.48. The molecule has 7 heteroatoms. The molecule has 7 nitrogen and oxygen atoms in total. The highest BCUT2D eigenvalue weighted by Gasteiger charge is 2.38. The average molecular weight is 319 g/mol. The Morgan fingerprint density at radius 1 is 1.22 bits per heavy atom. The lowest BCUT2D eigenvalue weighted by molar-refractivity contribution is -0.384. The quantitative estimate of drug-likeness (QED) is 0.669. The van der Waals surface area contributed by atoms with Gasteiger partial charge in [0.2, 0.25) is 5.91 Å². The van der Waals surface area contributed by atoms with E-state index in [1.807, 2.05) is 0 Å². The molecule has 2 heterocycles. The van der Waals surface area contributed by atoms with Gasteiger partial charge in [-0.25, -0.2) is 0 Å². The molecule has 1 aromatic carbocycles. The Kier molecular flexibility index (Phi) is 4.58. The van der Waals surface area contributed by atoms with Gasteiger partial charge in [-0.2, -0.15) is 0 Å². The number of nitro benzene ring substituents is 1. The molecule has 1 aromatic rings. The highest BCUT2D eigenvalue weighted by Crippen LogP contribution is 2.29. The van der Waals surface area contributed by atoms with E-state index in [2.05, 4.69) is 4.90 Å². The molecule has 1 atom stereocenters. The zero-order chi connectivity index (χ0) is 16.4. The molecule has 0 aromatic heterocycles. The summed E-state index contributed by atoms with van der Waals surface area (Å²) >= 11 is 0. The summed E-state index contributed by atoms with van der Waals surface area (Å²) in [5, 5.41) is 20.1. The van der Waals surface area contributed by atoms with Crippen molar-refractivity contribution in [2.45, 2.75) is 25.3 Å². The smallest absolute Gasteiger partial charge is 0.271 e. The van der Waals surface area contributed by atoms with Crippen LogP contribution in [0.3, 0.4) is 0 Å². The van der Waals surface area contributed by atoms with Gasteiger partial charge in [-0.1, -0.05) is 6.07 Å². The highest BCUT2D eigenvalue weighted by molar-refractivity contribution is 5.99. The predicted octanol–water partition coefficient (Wildman–Crippen LogP) is 1.40. The summed E-state index contributed by atoms with van der Waals surface area (Å²) in [5.74, 6) is 0.364. The van der Waals surface area contributed by atoms with Crippen molar-refractivity contribution in [3.8, 4) is 0 Å². The minimum absolute atomic E-state index is 0.00232. The molecule has 3 rings (SSSR count). The fourth-order valence-electron chi connectivity index (χ4n) is 3.48. The van der Waals surface area contributed by atoms with E-state index in [9.17, 15) is 20.0 Å². The first-order valence-corrected chi connectivity index (χ1v) is 8.01. The second-order valence-corrected chi connectivity index (χ2v) is 6.23. The largest absolute Gasteiger partial charge is 0.396 e. The van der Waals surface area contributed by atoms with Crippen molar-refractivity contribution in [3.05, 3.63) is 34.4 Å². The standard InChI is InChI=1S/C16H21N3O4/c20-11-12-4-7-17(8-5-12)15-6-9-18(16(15)21)13-2-1-3-14(10-13)19(22)23/h1-3,10,12,15,20H,4-9,11H2. The van der Waals surface area contributed by atoms with Crippen LogP contribution in [-0.2, 0) is 4.79 Å². The van der Waals surface area contributed by atoms with Gasteiger partial charge in [0.15, 0.2) is 0 Å². The number of aliphatic hydroxyl groups excluding tert-OH is 1. The van der Waals surface area contributed by atoms with E-state index in [1.165, 1.54) is 12.1 Å². The van der Waals surface area contributed by atoms with Gasteiger partial charge in [-0.3, -0.25) is 19.8 Å². The molecule has 2 fully saturated rings. The number of carbonyl (C=O) groups excluding carboxylic acids is 1. The van der Waals surface area contributed by atoms with Crippen LogP contribution in [0.2, 0.25) is 0 Å². The SMILES string of the molecule is O=C1C(N2CCC(CO)CC2)CCN1c1cccc([N+](=O)[O-])c1. The predicted molar refractivity (Wildman–Crippen MR) is 85.2 cm³/mol. The van der Waals surface area contributed by atoms with Crippen molar-refractivity contribution < 1.29 is 14.8 Å².